The number of nitrogens with zero attached hydrogens (tertiary/aromatic N) is 1. The number of hydrogen-bond donors (Lipinski definition) is 1. The average Bonchev–Trinajstić information content (AvgIpc) is 2.73. The summed E-state index contributed by atoms with van der Waals surface area (Å²) < 4.78 is 5.23. The Morgan fingerprint density at radius 3 is 2.73 bits per heavy atom. The van der Waals surface area contributed by atoms with Crippen molar-refractivity contribution in [2.45, 2.75) is 38.8 Å². The molecule has 1 N–H and O–H groups in total. The van der Waals surface area contributed by atoms with Gasteiger partial charge in [-0.25, -0.2) is 0 Å². The summed E-state index contributed by atoms with van der Waals surface area (Å²) >= 11 is 0. The highest BCUT2D eigenvalue weighted by Crippen LogP contribution is 2.12. The fourth-order valence-electron chi connectivity index (χ4n) is 1.99. The van der Waals surface area contributed by atoms with Crippen LogP contribution in [0.4, 0.5) is 0 Å². The van der Waals surface area contributed by atoms with Gasteiger partial charge in [0.15, 0.2) is 0 Å². The van der Waals surface area contributed by atoms with Crippen molar-refractivity contribution in [3.8, 4) is 0 Å². The molecule has 0 bridgehead atoms. The van der Waals surface area contributed by atoms with Crippen molar-refractivity contribution >= 4 is 5.91 Å². The summed E-state index contributed by atoms with van der Waals surface area (Å²) in [5.74, 6) is 0.221. The molecule has 88 valence electrons. The van der Waals surface area contributed by atoms with E-state index < -0.39 is 0 Å². The number of carbonyl (C=O) groups is 1. The van der Waals surface area contributed by atoms with Crippen LogP contribution in [0.5, 0.6) is 0 Å². The third-order valence-corrected chi connectivity index (χ3v) is 2.91. The first kappa shape index (κ1) is 12.5. The van der Waals surface area contributed by atoms with Crippen LogP contribution in [-0.2, 0) is 9.53 Å². The van der Waals surface area contributed by atoms with Crippen LogP contribution in [0.2, 0.25) is 0 Å². The van der Waals surface area contributed by atoms with Gasteiger partial charge in [0.05, 0.1) is 12.1 Å². The Kier molecular flexibility index (Phi) is 5.05. The number of nitrogens with one attached hydrogen (secondary N) is 1. The van der Waals surface area contributed by atoms with Gasteiger partial charge in [-0.1, -0.05) is 6.92 Å². The standard InChI is InChI=1S/C11H22N2O2/c1-4-6-13(5-2)11(14)10-7-9(15-3)8-12-10/h9-10,12H,4-8H2,1-3H3. The third-order valence-electron chi connectivity index (χ3n) is 2.91. The molecule has 4 nitrogen and oxygen atoms in total. The first-order chi connectivity index (χ1) is 7.22. The second-order valence-electron chi connectivity index (χ2n) is 3.97. The second kappa shape index (κ2) is 6.08. The number of amides is 1. The van der Waals surface area contributed by atoms with E-state index in [2.05, 4.69) is 12.2 Å². The zero-order chi connectivity index (χ0) is 11.3. The second-order valence-corrected chi connectivity index (χ2v) is 3.97. The lowest BCUT2D eigenvalue weighted by Gasteiger charge is -2.23. The van der Waals surface area contributed by atoms with Crippen LogP contribution >= 0.6 is 0 Å². The minimum atomic E-state index is -0.0403. The van der Waals surface area contributed by atoms with Crippen LogP contribution in [0.25, 0.3) is 0 Å². The van der Waals surface area contributed by atoms with Gasteiger partial charge in [0.1, 0.15) is 0 Å². The van der Waals surface area contributed by atoms with E-state index in [4.69, 9.17) is 4.74 Å². The van der Waals surface area contributed by atoms with E-state index in [1.54, 1.807) is 7.11 Å². The maximum atomic E-state index is 12.0. The molecule has 0 saturated carbocycles. The van der Waals surface area contributed by atoms with Gasteiger partial charge >= 0.3 is 0 Å². The first-order valence-corrected chi connectivity index (χ1v) is 5.77. The molecule has 0 aliphatic carbocycles. The molecule has 1 fully saturated rings. The molecule has 2 unspecified atom stereocenters. The third kappa shape index (κ3) is 3.18. The smallest absolute Gasteiger partial charge is 0.239 e. The molecule has 1 heterocycles. The van der Waals surface area contributed by atoms with Crippen molar-refractivity contribution in [1.29, 1.82) is 0 Å². The highest BCUT2D eigenvalue weighted by atomic mass is 16.5. The molecule has 15 heavy (non-hydrogen) atoms. The Balaban J connectivity index is 2.45. The molecule has 1 aliphatic rings. The molecule has 1 aliphatic heterocycles. The molecule has 1 rings (SSSR count). The number of methoxy groups -OCH3 is 1. The van der Waals surface area contributed by atoms with E-state index in [-0.39, 0.29) is 18.1 Å². The van der Waals surface area contributed by atoms with E-state index >= 15 is 0 Å². The van der Waals surface area contributed by atoms with Crippen molar-refractivity contribution in [3.63, 3.8) is 0 Å². The van der Waals surface area contributed by atoms with E-state index in [0.717, 1.165) is 32.5 Å². The lowest BCUT2D eigenvalue weighted by atomic mass is 10.1. The molecule has 0 radical (unpaired) electrons. The van der Waals surface area contributed by atoms with Crippen LogP contribution in [-0.4, -0.2) is 49.7 Å². The predicted molar refractivity (Wildman–Crippen MR) is 59.7 cm³/mol. The Hall–Kier alpha value is -0.610. The van der Waals surface area contributed by atoms with Crippen LogP contribution in [0.3, 0.4) is 0 Å². The summed E-state index contributed by atoms with van der Waals surface area (Å²) in [5.41, 5.74) is 0. The number of ether oxygens (including phenoxy) is 1. The van der Waals surface area contributed by atoms with Gasteiger partial charge in [0.2, 0.25) is 5.91 Å². The van der Waals surface area contributed by atoms with Crippen LogP contribution in [0.1, 0.15) is 26.7 Å². The van der Waals surface area contributed by atoms with Gasteiger partial charge in [-0.2, -0.15) is 0 Å². The molecule has 0 aromatic rings. The van der Waals surface area contributed by atoms with Gasteiger partial charge in [0.25, 0.3) is 0 Å². The van der Waals surface area contributed by atoms with Gasteiger partial charge in [-0.05, 0) is 19.8 Å². The van der Waals surface area contributed by atoms with Gasteiger partial charge < -0.3 is 15.0 Å². The quantitative estimate of drug-likeness (QED) is 0.729. The Bertz CT molecular complexity index is 209. The van der Waals surface area contributed by atoms with Gasteiger partial charge in [0, 0.05) is 26.7 Å². The monoisotopic (exact) mass is 214 g/mol. The van der Waals surface area contributed by atoms with E-state index in [9.17, 15) is 4.79 Å². The summed E-state index contributed by atoms with van der Waals surface area (Å²) in [6, 6.07) is -0.0403. The van der Waals surface area contributed by atoms with Crippen LogP contribution in [0.15, 0.2) is 0 Å². The number of carbonyl (C=O) groups excluding carboxylic acids is 1. The normalized spacial score (nSPS) is 25.5. The SMILES string of the molecule is CCCN(CC)C(=O)C1CC(OC)CN1. The van der Waals surface area contributed by atoms with Crippen molar-refractivity contribution in [2.75, 3.05) is 26.7 Å². The summed E-state index contributed by atoms with van der Waals surface area (Å²) in [5, 5.41) is 3.21. The molecule has 0 aromatic carbocycles. The van der Waals surface area contributed by atoms with Crippen molar-refractivity contribution < 1.29 is 9.53 Å². The lowest BCUT2D eigenvalue weighted by Crippen LogP contribution is -2.43. The van der Waals surface area contributed by atoms with Crippen molar-refractivity contribution in [3.05, 3.63) is 0 Å². The van der Waals surface area contributed by atoms with Gasteiger partial charge in [-0.15, -0.1) is 0 Å². The summed E-state index contributed by atoms with van der Waals surface area (Å²) in [6.07, 6.45) is 2.01. The van der Waals surface area contributed by atoms with Crippen LogP contribution in [0, 0.1) is 0 Å². The Labute approximate surface area is 92.0 Å². The molecular weight excluding hydrogens is 192 g/mol. The zero-order valence-corrected chi connectivity index (χ0v) is 9.95. The van der Waals surface area contributed by atoms with Crippen molar-refractivity contribution in [2.24, 2.45) is 0 Å². The highest BCUT2D eigenvalue weighted by Gasteiger charge is 2.31. The first-order valence-electron chi connectivity index (χ1n) is 5.77. The largest absolute Gasteiger partial charge is 0.380 e. The Morgan fingerprint density at radius 2 is 2.27 bits per heavy atom. The minimum Gasteiger partial charge on any atom is -0.380 e. The van der Waals surface area contributed by atoms with Crippen molar-refractivity contribution in [1.82, 2.24) is 10.2 Å². The summed E-state index contributed by atoms with van der Waals surface area (Å²) in [7, 11) is 1.70. The molecule has 2 atom stereocenters. The van der Waals surface area contributed by atoms with Crippen LogP contribution < -0.4 is 5.32 Å². The minimum absolute atomic E-state index is 0.0403. The number of rotatable bonds is 5. The molecule has 4 heteroatoms. The van der Waals surface area contributed by atoms with E-state index in [0.29, 0.717) is 0 Å². The maximum Gasteiger partial charge on any atom is 0.239 e. The highest BCUT2D eigenvalue weighted by molar-refractivity contribution is 5.82. The molecular formula is C11H22N2O2. The van der Waals surface area contributed by atoms with E-state index in [1.165, 1.54) is 0 Å². The maximum absolute atomic E-state index is 12.0. The average molecular weight is 214 g/mol. The topological polar surface area (TPSA) is 41.6 Å². The Morgan fingerprint density at radius 1 is 1.53 bits per heavy atom. The zero-order valence-electron chi connectivity index (χ0n) is 9.95. The fourth-order valence-corrected chi connectivity index (χ4v) is 1.99. The fraction of sp³-hybridized carbons (Fsp3) is 0.909. The number of hydrogen-bond acceptors (Lipinski definition) is 3. The van der Waals surface area contributed by atoms with Gasteiger partial charge in [-0.3, -0.25) is 4.79 Å². The number of likely N-dealkylation sites (N-methyl/N-ethyl adjacent to an activating group) is 1. The summed E-state index contributed by atoms with van der Waals surface area (Å²) in [6.45, 7) is 6.55. The molecule has 0 aromatic heterocycles. The molecule has 0 spiro atoms. The van der Waals surface area contributed by atoms with E-state index in [1.807, 2.05) is 11.8 Å². The summed E-state index contributed by atoms with van der Waals surface area (Å²) in [4.78, 5) is 13.9. The predicted octanol–water partition coefficient (Wildman–Crippen LogP) is 0.622. The molecule has 1 saturated heterocycles. The molecule has 1 amide bonds. The lowest BCUT2D eigenvalue weighted by molar-refractivity contribution is -0.133.